The van der Waals surface area contributed by atoms with Crippen LogP contribution in [0.4, 0.5) is 13.2 Å². The fourth-order valence-electron chi connectivity index (χ4n) is 1.22. The molecule has 0 heterocycles. The van der Waals surface area contributed by atoms with Gasteiger partial charge in [-0.15, -0.1) is 0 Å². The van der Waals surface area contributed by atoms with Crippen LogP contribution in [0.3, 0.4) is 0 Å². The van der Waals surface area contributed by atoms with Crippen LogP contribution in [0, 0.1) is 23.4 Å². The zero-order valence-electron chi connectivity index (χ0n) is 8.53. The van der Waals surface area contributed by atoms with Crippen LogP contribution in [0.15, 0.2) is 4.47 Å². The SMILES string of the molecule is CC(Cc1c(F)c(F)c(Br)c(F)c1Cl)C(=O)O. The van der Waals surface area contributed by atoms with Crippen LogP contribution in [-0.4, -0.2) is 11.1 Å². The Hall–Kier alpha value is -0.750. The zero-order chi connectivity index (χ0) is 13.3. The molecule has 0 radical (unpaired) electrons. The topological polar surface area (TPSA) is 37.3 Å². The summed E-state index contributed by atoms with van der Waals surface area (Å²) in [5, 5.41) is 8.05. The molecule has 1 N–H and O–H groups in total. The summed E-state index contributed by atoms with van der Waals surface area (Å²) in [6.07, 6.45) is -0.388. The number of carbonyl (C=O) groups is 1. The molecule has 0 saturated heterocycles. The summed E-state index contributed by atoms with van der Waals surface area (Å²) in [4.78, 5) is 10.6. The summed E-state index contributed by atoms with van der Waals surface area (Å²) in [6.45, 7) is 1.29. The van der Waals surface area contributed by atoms with E-state index in [4.69, 9.17) is 16.7 Å². The van der Waals surface area contributed by atoms with Crippen molar-refractivity contribution < 1.29 is 23.1 Å². The summed E-state index contributed by atoms with van der Waals surface area (Å²) in [7, 11) is 0. The molecular formula is C10H7BrClF3O2. The summed E-state index contributed by atoms with van der Waals surface area (Å²) in [5.41, 5.74) is -0.472. The van der Waals surface area contributed by atoms with E-state index in [1.807, 2.05) is 0 Å². The minimum Gasteiger partial charge on any atom is -0.481 e. The molecule has 0 aliphatic heterocycles. The van der Waals surface area contributed by atoms with Crippen LogP contribution in [0.1, 0.15) is 12.5 Å². The Morgan fingerprint density at radius 3 is 2.35 bits per heavy atom. The number of hydrogen-bond acceptors (Lipinski definition) is 1. The van der Waals surface area contributed by atoms with Crippen LogP contribution >= 0.6 is 27.5 Å². The van der Waals surface area contributed by atoms with E-state index >= 15 is 0 Å². The Morgan fingerprint density at radius 2 is 1.88 bits per heavy atom. The summed E-state index contributed by atoms with van der Waals surface area (Å²) < 4.78 is 39.3. The van der Waals surface area contributed by atoms with Crippen molar-refractivity contribution in [2.45, 2.75) is 13.3 Å². The Morgan fingerprint density at radius 1 is 1.35 bits per heavy atom. The van der Waals surface area contributed by atoms with E-state index < -0.39 is 44.4 Å². The lowest BCUT2D eigenvalue weighted by molar-refractivity contribution is -0.141. The molecule has 7 heteroatoms. The molecule has 1 unspecified atom stereocenters. The number of aliphatic carboxylic acids is 1. The van der Waals surface area contributed by atoms with E-state index in [-0.39, 0.29) is 6.42 Å². The number of hydrogen-bond donors (Lipinski definition) is 1. The van der Waals surface area contributed by atoms with Crippen LogP contribution < -0.4 is 0 Å². The highest BCUT2D eigenvalue weighted by Crippen LogP contribution is 2.33. The van der Waals surface area contributed by atoms with Crippen molar-refractivity contribution in [3.63, 3.8) is 0 Å². The Kier molecular flexibility index (Phi) is 4.43. The predicted octanol–water partition coefficient (Wildman–Crippen LogP) is 3.78. The Balaban J connectivity index is 3.30. The molecule has 94 valence electrons. The second-order valence-corrected chi connectivity index (χ2v) is 4.66. The van der Waals surface area contributed by atoms with Gasteiger partial charge in [0.1, 0.15) is 0 Å². The van der Waals surface area contributed by atoms with Crippen LogP contribution in [0.2, 0.25) is 5.02 Å². The van der Waals surface area contributed by atoms with E-state index in [0.29, 0.717) is 0 Å². The van der Waals surface area contributed by atoms with Gasteiger partial charge in [0.2, 0.25) is 0 Å². The molecule has 17 heavy (non-hydrogen) atoms. The van der Waals surface area contributed by atoms with E-state index in [1.54, 1.807) is 0 Å². The highest BCUT2D eigenvalue weighted by Gasteiger charge is 2.25. The first kappa shape index (κ1) is 14.3. The smallest absolute Gasteiger partial charge is 0.306 e. The molecule has 1 aromatic carbocycles. The molecule has 0 amide bonds. The van der Waals surface area contributed by atoms with Crippen LogP contribution in [0.5, 0.6) is 0 Å². The minimum absolute atomic E-state index is 0.388. The van der Waals surface area contributed by atoms with Gasteiger partial charge in [-0.25, -0.2) is 13.2 Å². The monoisotopic (exact) mass is 330 g/mol. The second-order valence-electron chi connectivity index (χ2n) is 3.49. The normalized spacial score (nSPS) is 12.6. The van der Waals surface area contributed by atoms with Gasteiger partial charge in [-0.05, 0) is 22.4 Å². The summed E-state index contributed by atoms with van der Waals surface area (Å²) >= 11 is 8.04. The van der Waals surface area contributed by atoms with Gasteiger partial charge in [-0.3, -0.25) is 4.79 Å². The van der Waals surface area contributed by atoms with Gasteiger partial charge < -0.3 is 5.11 Å². The highest BCUT2D eigenvalue weighted by molar-refractivity contribution is 9.10. The summed E-state index contributed by atoms with van der Waals surface area (Å²) in [6, 6.07) is 0. The van der Waals surface area contributed by atoms with Gasteiger partial charge in [0, 0.05) is 5.56 Å². The molecule has 0 fully saturated rings. The van der Waals surface area contributed by atoms with Crippen molar-refractivity contribution >= 4 is 33.5 Å². The van der Waals surface area contributed by atoms with Gasteiger partial charge in [0.15, 0.2) is 17.5 Å². The molecule has 1 rings (SSSR count). The summed E-state index contributed by atoms with van der Waals surface area (Å²) in [5.74, 6) is -6.10. The number of halogens is 5. The third-order valence-electron chi connectivity index (χ3n) is 2.23. The van der Waals surface area contributed by atoms with Crippen molar-refractivity contribution in [2.24, 2.45) is 5.92 Å². The van der Waals surface area contributed by atoms with Crippen LogP contribution in [0.25, 0.3) is 0 Å². The molecule has 0 aliphatic carbocycles. The van der Waals surface area contributed by atoms with Crippen molar-refractivity contribution in [3.8, 4) is 0 Å². The molecule has 1 atom stereocenters. The Labute approximate surface area is 109 Å². The van der Waals surface area contributed by atoms with E-state index in [9.17, 15) is 18.0 Å². The van der Waals surface area contributed by atoms with Gasteiger partial charge in [-0.2, -0.15) is 0 Å². The van der Waals surface area contributed by atoms with Gasteiger partial charge in [-0.1, -0.05) is 18.5 Å². The van der Waals surface area contributed by atoms with E-state index in [0.717, 1.165) is 0 Å². The molecule has 0 bridgehead atoms. The minimum atomic E-state index is -1.42. The van der Waals surface area contributed by atoms with Crippen molar-refractivity contribution in [1.29, 1.82) is 0 Å². The fraction of sp³-hybridized carbons (Fsp3) is 0.300. The van der Waals surface area contributed by atoms with Gasteiger partial charge >= 0.3 is 5.97 Å². The molecule has 0 saturated carbocycles. The second kappa shape index (κ2) is 5.27. The molecule has 0 aromatic heterocycles. The third kappa shape index (κ3) is 2.74. The molecule has 2 nitrogen and oxygen atoms in total. The molecule has 0 aliphatic rings. The number of carboxylic acids is 1. The average Bonchev–Trinajstić information content (AvgIpc) is 2.29. The largest absolute Gasteiger partial charge is 0.481 e. The lowest BCUT2D eigenvalue weighted by Gasteiger charge is -2.12. The first-order chi connectivity index (χ1) is 7.77. The standard InChI is InChI=1S/C10H7BrClF3O2/c1-3(10(16)17)2-4-6(12)8(14)5(11)9(15)7(4)13/h3H,2H2,1H3,(H,16,17). The molecule has 1 aromatic rings. The zero-order valence-corrected chi connectivity index (χ0v) is 10.9. The van der Waals surface area contributed by atoms with E-state index in [2.05, 4.69) is 15.9 Å². The number of carboxylic acid groups (broad SMARTS) is 1. The lowest BCUT2D eigenvalue weighted by atomic mass is 10.0. The van der Waals surface area contributed by atoms with Crippen molar-refractivity contribution in [3.05, 3.63) is 32.5 Å². The quantitative estimate of drug-likeness (QED) is 0.676. The maximum atomic E-state index is 13.5. The maximum Gasteiger partial charge on any atom is 0.306 e. The highest BCUT2D eigenvalue weighted by atomic mass is 79.9. The van der Waals surface area contributed by atoms with Gasteiger partial charge in [0.25, 0.3) is 0 Å². The first-order valence-electron chi connectivity index (χ1n) is 4.50. The average molecular weight is 332 g/mol. The van der Waals surface area contributed by atoms with Crippen molar-refractivity contribution in [2.75, 3.05) is 0 Å². The third-order valence-corrected chi connectivity index (χ3v) is 3.32. The first-order valence-corrected chi connectivity index (χ1v) is 5.67. The van der Waals surface area contributed by atoms with E-state index in [1.165, 1.54) is 6.92 Å². The number of benzene rings is 1. The van der Waals surface area contributed by atoms with Crippen LogP contribution in [-0.2, 0) is 11.2 Å². The predicted molar refractivity (Wildman–Crippen MR) is 59.5 cm³/mol. The van der Waals surface area contributed by atoms with Crippen molar-refractivity contribution in [1.82, 2.24) is 0 Å². The van der Waals surface area contributed by atoms with Gasteiger partial charge in [0.05, 0.1) is 15.4 Å². The lowest BCUT2D eigenvalue weighted by Crippen LogP contribution is -2.14. The molecular weight excluding hydrogens is 324 g/mol. The fourth-order valence-corrected chi connectivity index (χ4v) is 1.96. The molecule has 0 spiro atoms. The Bertz CT molecular complexity index is 450. The number of rotatable bonds is 3. The maximum absolute atomic E-state index is 13.5.